The molecule has 1 unspecified atom stereocenters. The van der Waals surface area contributed by atoms with Gasteiger partial charge < -0.3 is 15.2 Å². The molecule has 0 heterocycles. The molecule has 0 aromatic heterocycles. The van der Waals surface area contributed by atoms with E-state index in [0.29, 0.717) is 15.6 Å². The van der Waals surface area contributed by atoms with Gasteiger partial charge in [0.1, 0.15) is 6.04 Å². The van der Waals surface area contributed by atoms with Gasteiger partial charge in [-0.2, -0.15) is 0 Å². The lowest BCUT2D eigenvalue weighted by Gasteiger charge is -2.12. The van der Waals surface area contributed by atoms with Crippen molar-refractivity contribution < 1.29 is 19.4 Å². The van der Waals surface area contributed by atoms with Crippen molar-refractivity contribution in [3.05, 3.63) is 39.9 Å². The lowest BCUT2D eigenvalue weighted by atomic mass is 10.2. The Morgan fingerprint density at radius 1 is 1.33 bits per heavy atom. The number of aliphatic carboxylic acids is 1. The zero-order valence-corrected chi connectivity index (χ0v) is 12.8. The van der Waals surface area contributed by atoms with E-state index in [0.717, 1.165) is 0 Å². The number of carboxylic acids is 1. The van der Waals surface area contributed by atoms with Gasteiger partial charge in [0.25, 0.3) is 0 Å². The Morgan fingerprint density at radius 2 is 1.95 bits per heavy atom. The van der Waals surface area contributed by atoms with E-state index in [4.69, 9.17) is 33.0 Å². The average molecular weight is 332 g/mol. The van der Waals surface area contributed by atoms with Crippen molar-refractivity contribution in [1.82, 2.24) is 5.32 Å². The third-order valence-corrected chi connectivity index (χ3v) is 2.97. The van der Waals surface area contributed by atoms with Gasteiger partial charge in [0.2, 0.25) is 5.91 Å². The van der Waals surface area contributed by atoms with Crippen LogP contribution in [0.15, 0.2) is 24.3 Å². The van der Waals surface area contributed by atoms with Crippen LogP contribution in [0.4, 0.5) is 0 Å². The van der Waals surface area contributed by atoms with E-state index in [2.05, 4.69) is 5.32 Å². The fourth-order valence-corrected chi connectivity index (χ4v) is 2.10. The molecule has 2 N–H and O–H groups in total. The lowest BCUT2D eigenvalue weighted by molar-refractivity contribution is -0.141. The van der Waals surface area contributed by atoms with Crippen molar-refractivity contribution in [2.24, 2.45) is 0 Å². The zero-order chi connectivity index (χ0) is 15.8. The van der Waals surface area contributed by atoms with Crippen LogP contribution in [0.3, 0.4) is 0 Å². The summed E-state index contributed by atoms with van der Waals surface area (Å²) in [7, 11) is 1.46. The van der Waals surface area contributed by atoms with Crippen LogP contribution in [0.1, 0.15) is 12.0 Å². The number of hydrogen-bond donors (Lipinski definition) is 2. The highest BCUT2D eigenvalue weighted by Crippen LogP contribution is 2.19. The number of carbonyl (C=O) groups is 2. The molecule has 0 spiro atoms. The first-order valence-corrected chi connectivity index (χ1v) is 6.84. The largest absolute Gasteiger partial charge is 0.480 e. The van der Waals surface area contributed by atoms with Crippen LogP contribution in [0.25, 0.3) is 6.08 Å². The van der Waals surface area contributed by atoms with E-state index in [1.807, 2.05) is 0 Å². The van der Waals surface area contributed by atoms with Gasteiger partial charge in [0.15, 0.2) is 0 Å². The second-order valence-electron chi connectivity index (χ2n) is 4.22. The molecule has 1 aromatic carbocycles. The van der Waals surface area contributed by atoms with Crippen LogP contribution in [0, 0.1) is 0 Å². The number of hydrogen-bond acceptors (Lipinski definition) is 3. The number of carbonyl (C=O) groups excluding carboxylic acids is 1. The Bertz CT molecular complexity index is 526. The molecule has 114 valence electrons. The molecule has 0 bridgehead atoms. The van der Waals surface area contributed by atoms with Crippen LogP contribution < -0.4 is 5.32 Å². The summed E-state index contributed by atoms with van der Waals surface area (Å²) >= 11 is 11.7. The number of methoxy groups -OCH3 is 1. The Kier molecular flexibility index (Phi) is 7.22. The van der Waals surface area contributed by atoms with Crippen LogP contribution in [-0.2, 0) is 14.3 Å². The van der Waals surface area contributed by atoms with Gasteiger partial charge in [-0.25, -0.2) is 4.79 Å². The average Bonchev–Trinajstić information content (AvgIpc) is 2.39. The fraction of sp³-hybridized carbons (Fsp3) is 0.286. The molecule has 1 amide bonds. The molecule has 21 heavy (non-hydrogen) atoms. The summed E-state index contributed by atoms with van der Waals surface area (Å²) in [5.41, 5.74) is 0.645. The van der Waals surface area contributed by atoms with E-state index in [1.165, 1.54) is 19.3 Å². The third-order valence-electron chi connectivity index (χ3n) is 2.54. The summed E-state index contributed by atoms with van der Waals surface area (Å²) in [5, 5.41) is 12.3. The summed E-state index contributed by atoms with van der Waals surface area (Å²) in [6, 6.07) is 3.85. The Balaban J connectivity index is 2.66. The molecule has 0 fully saturated rings. The molecule has 0 aliphatic rings. The Morgan fingerprint density at radius 3 is 2.48 bits per heavy atom. The van der Waals surface area contributed by atoms with Crippen molar-refractivity contribution in [2.45, 2.75) is 12.5 Å². The first kappa shape index (κ1) is 17.5. The standard InChI is InChI=1S/C14H15Cl2NO4/c1-21-5-4-12(14(19)20)17-13(18)3-2-9-6-10(15)8-11(16)7-9/h2-3,6-8,12H,4-5H2,1H3,(H,17,18)(H,19,20). The van der Waals surface area contributed by atoms with E-state index in [9.17, 15) is 9.59 Å². The fourth-order valence-electron chi connectivity index (χ4n) is 1.56. The highest BCUT2D eigenvalue weighted by Gasteiger charge is 2.18. The summed E-state index contributed by atoms with van der Waals surface area (Å²) in [6.45, 7) is 0.241. The number of halogens is 2. The molecule has 0 aliphatic heterocycles. The van der Waals surface area contributed by atoms with Gasteiger partial charge in [-0.15, -0.1) is 0 Å². The van der Waals surface area contributed by atoms with E-state index < -0.39 is 17.9 Å². The molecule has 1 atom stereocenters. The van der Waals surface area contributed by atoms with Crippen molar-refractivity contribution in [1.29, 1.82) is 0 Å². The maximum atomic E-state index is 11.7. The minimum atomic E-state index is -1.11. The minimum absolute atomic E-state index is 0.189. The highest BCUT2D eigenvalue weighted by atomic mass is 35.5. The van der Waals surface area contributed by atoms with E-state index in [-0.39, 0.29) is 13.0 Å². The second-order valence-corrected chi connectivity index (χ2v) is 5.09. The van der Waals surface area contributed by atoms with Crippen molar-refractivity contribution in [3.8, 4) is 0 Å². The monoisotopic (exact) mass is 331 g/mol. The summed E-state index contributed by atoms with van der Waals surface area (Å²) in [4.78, 5) is 22.7. The first-order chi connectivity index (χ1) is 9.92. The van der Waals surface area contributed by atoms with Gasteiger partial charge in [0.05, 0.1) is 0 Å². The molecule has 7 heteroatoms. The maximum Gasteiger partial charge on any atom is 0.326 e. The summed E-state index contributed by atoms with van der Waals surface area (Å²) in [5.74, 6) is -1.63. The number of ether oxygens (including phenoxy) is 1. The predicted molar refractivity (Wildman–Crippen MR) is 81.6 cm³/mol. The molecule has 0 aliphatic carbocycles. The van der Waals surface area contributed by atoms with Gasteiger partial charge in [0, 0.05) is 36.3 Å². The molecule has 0 saturated carbocycles. The molecular formula is C14H15Cl2NO4. The molecule has 5 nitrogen and oxygen atoms in total. The number of nitrogens with one attached hydrogen (secondary N) is 1. The zero-order valence-electron chi connectivity index (χ0n) is 11.3. The van der Waals surface area contributed by atoms with Crippen LogP contribution in [0.5, 0.6) is 0 Å². The SMILES string of the molecule is COCCC(NC(=O)C=Cc1cc(Cl)cc(Cl)c1)C(=O)O. The highest BCUT2D eigenvalue weighted by molar-refractivity contribution is 6.34. The van der Waals surface area contributed by atoms with E-state index >= 15 is 0 Å². The topological polar surface area (TPSA) is 75.6 Å². The Hall–Kier alpha value is -1.56. The van der Waals surface area contributed by atoms with Crippen LogP contribution in [0.2, 0.25) is 10.0 Å². The Labute approximate surface area is 132 Å². The lowest BCUT2D eigenvalue weighted by Crippen LogP contribution is -2.40. The normalized spacial score (nSPS) is 12.3. The van der Waals surface area contributed by atoms with E-state index in [1.54, 1.807) is 18.2 Å². The molecule has 0 radical (unpaired) electrons. The van der Waals surface area contributed by atoms with Crippen LogP contribution >= 0.6 is 23.2 Å². The van der Waals surface area contributed by atoms with Crippen molar-refractivity contribution >= 4 is 41.2 Å². The summed E-state index contributed by atoms with van der Waals surface area (Å²) in [6.07, 6.45) is 2.92. The van der Waals surface area contributed by atoms with Gasteiger partial charge in [-0.1, -0.05) is 23.2 Å². The number of carboxylic acid groups (broad SMARTS) is 1. The number of rotatable bonds is 7. The minimum Gasteiger partial charge on any atom is -0.480 e. The number of benzene rings is 1. The van der Waals surface area contributed by atoms with Gasteiger partial charge in [-0.3, -0.25) is 4.79 Å². The molecule has 1 rings (SSSR count). The van der Waals surface area contributed by atoms with Gasteiger partial charge >= 0.3 is 5.97 Å². The molecule has 1 aromatic rings. The summed E-state index contributed by atoms with van der Waals surface area (Å²) < 4.78 is 4.80. The molecule has 0 saturated heterocycles. The first-order valence-electron chi connectivity index (χ1n) is 6.09. The predicted octanol–water partition coefficient (Wildman–Crippen LogP) is 2.61. The molecular weight excluding hydrogens is 317 g/mol. The number of amides is 1. The smallest absolute Gasteiger partial charge is 0.326 e. The van der Waals surface area contributed by atoms with Crippen molar-refractivity contribution in [2.75, 3.05) is 13.7 Å². The quantitative estimate of drug-likeness (QED) is 0.753. The van der Waals surface area contributed by atoms with Crippen LogP contribution in [-0.4, -0.2) is 36.7 Å². The third kappa shape index (κ3) is 6.62. The maximum absolute atomic E-state index is 11.7. The van der Waals surface area contributed by atoms with Crippen molar-refractivity contribution in [3.63, 3.8) is 0 Å². The van der Waals surface area contributed by atoms with Gasteiger partial charge in [-0.05, 0) is 29.8 Å². The second kappa shape index (κ2) is 8.67.